The van der Waals surface area contributed by atoms with Crippen molar-refractivity contribution in [2.24, 2.45) is 22.5 Å². The maximum atomic E-state index is 12.4. The normalized spacial score (nSPS) is 41.2. The van der Waals surface area contributed by atoms with Gasteiger partial charge in [-0.05, 0) is 67.8 Å². The van der Waals surface area contributed by atoms with E-state index in [1.165, 1.54) is 18.4 Å². The molecule has 0 aromatic heterocycles. The Bertz CT molecular complexity index is 615. The number of ether oxygens (including phenoxy) is 1. The summed E-state index contributed by atoms with van der Waals surface area (Å²) in [7, 11) is 0. The van der Waals surface area contributed by atoms with Gasteiger partial charge in [0.1, 0.15) is 0 Å². The van der Waals surface area contributed by atoms with Gasteiger partial charge in [0.25, 0.3) is 0 Å². The van der Waals surface area contributed by atoms with E-state index in [2.05, 4.69) is 37.3 Å². The summed E-state index contributed by atoms with van der Waals surface area (Å²) in [6, 6.07) is 10.8. The second kappa shape index (κ2) is 5.07. The molecule has 0 spiro atoms. The number of rotatable bonds is 5. The van der Waals surface area contributed by atoms with Gasteiger partial charge in [-0.3, -0.25) is 4.79 Å². The molecule has 2 N–H and O–H groups in total. The Morgan fingerprint density at radius 1 is 1.17 bits per heavy atom. The van der Waals surface area contributed by atoms with Gasteiger partial charge in [-0.1, -0.05) is 30.3 Å². The van der Waals surface area contributed by atoms with Gasteiger partial charge < -0.3 is 10.5 Å². The van der Waals surface area contributed by atoms with E-state index in [0.717, 1.165) is 38.9 Å². The fourth-order valence-electron chi connectivity index (χ4n) is 6.51. The van der Waals surface area contributed by atoms with Crippen molar-refractivity contribution < 1.29 is 9.53 Å². The average Bonchev–Trinajstić information content (AvgIpc) is 2.53. The van der Waals surface area contributed by atoms with Crippen molar-refractivity contribution in [2.45, 2.75) is 50.9 Å². The van der Waals surface area contributed by atoms with E-state index in [1.807, 2.05) is 0 Å². The molecule has 1 aromatic carbocycles. The molecule has 124 valence electrons. The van der Waals surface area contributed by atoms with Gasteiger partial charge in [-0.25, -0.2) is 0 Å². The van der Waals surface area contributed by atoms with Crippen molar-refractivity contribution >= 4 is 5.91 Å². The molecule has 0 radical (unpaired) electrons. The summed E-state index contributed by atoms with van der Waals surface area (Å²) in [4.78, 5) is 12.4. The van der Waals surface area contributed by atoms with E-state index in [0.29, 0.717) is 5.92 Å². The van der Waals surface area contributed by atoms with Gasteiger partial charge >= 0.3 is 0 Å². The fraction of sp³-hybridized carbons (Fsp3) is 0.650. The van der Waals surface area contributed by atoms with Gasteiger partial charge in [0.05, 0.1) is 12.0 Å². The van der Waals surface area contributed by atoms with Crippen LogP contribution < -0.4 is 5.73 Å². The fourth-order valence-corrected chi connectivity index (χ4v) is 6.51. The highest BCUT2D eigenvalue weighted by atomic mass is 16.5. The Hall–Kier alpha value is -1.35. The van der Waals surface area contributed by atoms with Crippen molar-refractivity contribution in [2.75, 3.05) is 13.2 Å². The number of amides is 1. The number of hydrogen-bond acceptors (Lipinski definition) is 2. The molecule has 3 heteroatoms. The number of benzene rings is 1. The minimum absolute atomic E-state index is 0.0808. The predicted molar refractivity (Wildman–Crippen MR) is 89.9 cm³/mol. The first-order chi connectivity index (χ1) is 11.0. The molecule has 5 rings (SSSR count). The molecular weight excluding hydrogens is 286 g/mol. The molecule has 3 nitrogen and oxygen atoms in total. The Morgan fingerprint density at radius 3 is 2.65 bits per heavy atom. The summed E-state index contributed by atoms with van der Waals surface area (Å²) in [6.45, 7) is 3.58. The van der Waals surface area contributed by atoms with Crippen LogP contribution in [-0.4, -0.2) is 19.1 Å². The third-order valence-corrected chi connectivity index (χ3v) is 6.71. The second-order valence-electron chi connectivity index (χ2n) is 8.44. The maximum Gasteiger partial charge on any atom is 0.223 e. The first kappa shape index (κ1) is 15.2. The third kappa shape index (κ3) is 2.24. The molecule has 1 amide bonds. The highest BCUT2D eigenvalue weighted by molar-refractivity contribution is 5.82. The van der Waals surface area contributed by atoms with Crippen LogP contribution in [0.5, 0.6) is 0 Å². The van der Waals surface area contributed by atoms with Crippen molar-refractivity contribution in [3.63, 3.8) is 0 Å². The molecule has 4 aliphatic carbocycles. The minimum Gasteiger partial charge on any atom is -0.381 e. The Morgan fingerprint density at radius 2 is 1.96 bits per heavy atom. The van der Waals surface area contributed by atoms with E-state index in [9.17, 15) is 4.79 Å². The Labute approximate surface area is 138 Å². The lowest BCUT2D eigenvalue weighted by molar-refractivity contribution is -0.169. The quantitative estimate of drug-likeness (QED) is 0.905. The van der Waals surface area contributed by atoms with Crippen LogP contribution in [0.3, 0.4) is 0 Å². The number of primary amides is 1. The first-order valence-electron chi connectivity index (χ1n) is 8.95. The zero-order valence-electron chi connectivity index (χ0n) is 14.0. The SMILES string of the molecule is CCOC[C@]12CC3CC(C(N)=O)(C1)C[C@@](c1ccccc1)(C3)C2. The molecule has 0 heterocycles. The van der Waals surface area contributed by atoms with Gasteiger partial charge in [-0.15, -0.1) is 0 Å². The van der Waals surface area contributed by atoms with E-state index in [1.54, 1.807) is 0 Å². The van der Waals surface area contributed by atoms with E-state index in [4.69, 9.17) is 10.5 Å². The zero-order valence-corrected chi connectivity index (χ0v) is 14.0. The van der Waals surface area contributed by atoms with Gasteiger partial charge in [0.2, 0.25) is 5.91 Å². The summed E-state index contributed by atoms with van der Waals surface area (Å²) in [5, 5.41) is 0. The molecule has 0 aliphatic heterocycles. The summed E-state index contributed by atoms with van der Waals surface area (Å²) < 4.78 is 5.87. The zero-order chi connectivity index (χ0) is 16.1. The van der Waals surface area contributed by atoms with Gasteiger partial charge in [0, 0.05) is 6.61 Å². The lowest BCUT2D eigenvalue weighted by Crippen LogP contribution is -2.63. The Kier molecular flexibility index (Phi) is 3.35. The minimum atomic E-state index is -0.313. The lowest BCUT2D eigenvalue weighted by Gasteiger charge is -2.66. The number of hydrogen-bond donors (Lipinski definition) is 1. The third-order valence-electron chi connectivity index (χ3n) is 6.71. The molecular formula is C20H27NO2. The number of carbonyl (C=O) groups excluding carboxylic acids is 1. The predicted octanol–water partition coefficient (Wildman–Crippen LogP) is 3.42. The summed E-state index contributed by atoms with van der Waals surface area (Å²) in [6.07, 6.45) is 6.42. The largest absolute Gasteiger partial charge is 0.381 e. The maximum absolute atomic E-state index is 12.4. The highest BCUT2D eigenvalue weighted by Crippen LogP contribution is 2.70. The van der Waals surface area contributed by atoms with Crippen LogP contribution >= 0.6 is 0 Å². The molecule has 0 saturated heterocycles. The van der Waals surface area contributed by atoms with E-state index >= 15 is 0 Å². The summed E-state index contributed by atoms with van der Waals surface area (Å²) >= 11 is 0. The summed E-state index contributed by atoms with van der Waals surface area (Å²) in [5.74, 6) is 0.530. The van der Waals surface area contributed by atoms with Crippen molar-refractivity contribution in [1.82, 2.24) is 0 Å². The topological polar surface area (TPSA) is 52.3 Å². The highest BCUT2D eigenvalue weighted by Gasteiger charge is 2.65. The van der Waals surface area contributed by atoms with Crippen LogP contribution in [0.4, 0.5) is 0 Å². The smallest absolute Gasteiger partial charge is 0.223 e. The van der Waals surface area contributed by atoms with Gasteiger partial charge in [-0.2, -0.15) is 0 Å². The van der Waals surface area contributed by atoms with Crippen molar-refractivity contribution in [1.29, 1.82) is 0 Å². The molecule has 1 aromatic rings. The molecule has 4 saturated carbocycles. The second-order valence-corrected chi connectivity index (χ2v) is 8.44. The van der Waals surface area contributed by atoms with Crippen LogP contribution in [0.1, 0.15) is 51.0 Å². The standard InChI is InChI=1S/C20H27NO2/c1-2-23-14-18-8-15-9-19(11-18,16-6-4-3-5-7-16)13-20(10-15,12-18)17(21)22/h3-7,15H,2,8-14H2,1H3,(H2,21,22)/t15?,18-,19+,20?/m0/s1. The van der Waals surface area contributed by atoms with Crippen LogP contribution in [0.2, 0.25) is 0 Å². The van der Waals surface area contributed by atoms with Crippen LogP contribution in [0, 0.1) is 16.7 Å². The molecule has 4 bridgehead atoms. The molecule has 4 atom stereocenters. The van der Waals surface area contributed by atoms with Gasteiger partial charge in [0.15, 0.2) is 0 Å². The molecule has 4 aliphatic rings. The van der Waals surface area contributed by atoms with Crippen LogP contribution in [0.15, 0.2) is 30.3 Å². The monoisotopic (exact) mass is 313 g/mol. The van der Waals surface area contributed by atoms with Crippen molar-refractivity contribution in [3.8, 4) is 0 Å². The van der Waals surface area contributed by atoms with Crippen LogP contribution in [0.25, 0.3) is 0 Å². The lowest BCUT2D eigenvalue weighted by atomic mass is 9.38. The molecule has 4 fully saturated rings. The number of nitrogens with two attached hydrogens (primary N) is 1. The van der Waals surface area contributed by atoms with E-state index < -0.39 is 0 Å². The van der Waals surface area contributed by atoms with Crippen molar-refractivity contribution in [3.05, 3.63) is 35.9 Å². The summed E-state index contributed by atoms with van der Waals surface area (Å²) in [5.41, 5.74) is 7.28. The van der Waals surface area contributed by atoms with Crippen LogP contribution in [-0.2, 0) is 14.9 Å². The first-order valence-corrected chi connectivity index (χ1v) is 8.95. The average molecular weight is 313 g/mol. The number of carbonyl (C=O) groups is 1. The Balaban J connectivity index is 1.78. The van der Waals surface area contributed by atoms with E-state index in [-0.39, 0.29) is 22.2 Å². The molecule has 23 heavy (non-hydrogen) atoms. The molecule has 2 unspecified atom stereocenters.